The van der Waals surface area contributed by atoms with Gasteiger partial charge >= 0.3 is 0 Å². The van der Waals surface area contributed by atoms with Crippen molar-refractivity contribution in [1.82, 2.24) is 0 Å². The minimum Gasteiger partial charge on any atom is -0.459 e. The number of hydrogen-bond donors (Lipinski definition) is 2. The number of hydrogen-bond acceptors (Lipinski definition) is 4. The largest absolute Gasteiger partial charge is 0.459 e. The van der Waals surface area contributed by atoms with Gasteiger partial charge in [-0.25, -0.2) is 0 Å². The van der Waals surface area contributed by atoms with E-state index in [1.165, 1.54) is 11.8 Å². The van der Waals surface area contributed by atoms with Gasteiger partial charge in [-0.1, -0.05) is 36.4 Å². The fraction of sp³-hybridized carbons (Fsp3) is 0.143. The molecule has 0 radical (unpaired) electrons. The smallest absolute Gasteiger partial charge is 0.291 e. The SMILES string of the molecule is O=C(CSCCc1ccccc1)Nc1cccc(NC(=O)c2ccco2)c1. The first-order valence-corrected chi connectivity index (χ1v) is 9.72. The lowest BCUT2D eigenvalue weighted by molar-refractivity contribution is -0.113. The van der Waals surface area contributed by atoms with Crippen molar-refractivity contribution in [1.29, 1.82) is 0 Å². The molecule has 6 heteroatoms. The zero-order valence-electron chi connectivity index (χ0n) is 14.7. The van der Waals surface area contributed by atoms with Crippen LogP contribution in [0.2, 0.25) is 0 Å². The second-order valence-corrected chi connectivity index (χ2v) is 6.95. The third-order valence-corrected chi connectivity index (χ3v) is 4.72. The maximum absolute atomic E-state index is 12.1. The van der Waals surface area contributed by atoms with Crippen LogP contribution in [0.5, 0.6) is 0 Å². The molecule has 2 aromatic carbocycles. The van der Waals surface area contributed by atoms with E-state index in [-0.39, 0.29) is 17.6 Å². The molecule has 0 fully saturated rings. The van der Waals surface area contributed by atoms with Crippen LogP contribution in [0.1, 0.15) is 16.1 Å². The zero-order chi connectivity index (χ0) is 18.9. The summed E-state index contributed by atoms with van der Waals surface area (Å²) >= 11 is 1.59. The summed E-state index contributed by atoms with van der Waals surface area (Å²) < 4.78 is 5.06. The minimum absolute atomic E-state index is 0.0671. The molecule has 0 spiro atoms. The molecular weight excluding hydrogens is 360 g/mol. The molecule has 5 nitrogen and oxygen atoms in total. The molecule has 3 rings (SSSR count). The molecule has 0 aliphatic rings. The van der Waals surface area contributed by atoms with Crippen molar-refractivity contribution < 1.29 is 14.0 Å². The molecule has 2 N–H and O–H groups in total. The molecule has 0 aliphatic heterocycles. The highest BCUT2D eigenvalue weighted by Crippen LogP contribution is 2.17. The Morgan fingerprint density at radius 2 is 1.67 bits per heavy atom. The van der Waals surface area contributed by atoms with Gasteiger partial charge in [0, 0.05) is 11.4 Å². The standard InChI is InChI=1S/C21H20N2O3S/c24-20(15-27-13-11-16-6-2-1-3-7-16)22-17-8-4-9-18(14-17)23-21(25)19-10-5-12-26-19/h1-10,12,14H,11,13,15H2,(H,22,24)(H,23,25). The average molecular weight is 380 g/mol. The number of amides is 2. The van der Waals surface area contributed by atoms with Crippen LogP contribution in [-0.4, -0.2) is 23.3 Å². The van der Waals surface area contributed by atoms with Crippen LogP contribution in [0.3, 0.4) is 0 Å². The molecular formula is C21H20N2O3S. The van der Waals surface area contributed by atoms with E-state index in [0.29, 0.717) is 17.1 Å². The Morgan fingerprint density at radius 1 is 0.889 bits per heavy atom. The quantitative estimate of drug-likeness (QED) is 0.567. The van der Waals surface area contributed by atoms with Crippen LogP contribution < -0.4 is 10.6 Å². The van der Waals surface area contributed by atoms with E-state index >= 15 is 0 Å². The first-order valence-electron chi connectivity index (χ1n) is 8.57. The third kappa shape index (κ3) is 6.04. The van der Waals surface area contributed by atoms with E-state index < -0.39 is 0 Å². The average Bonchev–Trinajstić information content (AvgIpc) is 3.21. The monoisotopic (exact) mass is 380 g/mol. The molecule has 0 bridgehead atoms. The van der Waals surface area contributed by atoms with Crippen molar-refractivity contribution in [3.63, 3.8) is 0 Å². The molecule has 3 aromatic rings. The van der Waals surface area contributed by atoms with E-state index in [2.05, 4.69) is 22.8 Å². The van der Waals surface area contributed by atoms with Crippen LogP contribution in [0.25, 0.3) is 0 Å². The van der Waals surface area contributed by atoms with Crippen molar-refractivity contribution in [2.75, 3.05) is 22.1 Å². The van der Waals surface area contributed by atoms with Gasteiger partial charge in [-0.05, 0) is 48.1 Å². The van der Waals surface area contributed by atoms with Gasteiger partial charge < -0.3 is 15.1 Å². The zero-order valence-corrected chi connectivity index (χ0v) is 15.5. The Labute approximate surface area is 162 Å². The molecule has 2 amide bonds. The van der Waals surface area contributed by atoms with Crippen molar-refractivity contribution in [3.8, 4) is 0 Å². The van der Waals surface area contributed by atoms with Gasteiger partial charge in [0.2, 0.25) is 5.91 Å². The first-order chi connectivity index (χ1) is 13.2. The lowest BCUT2D eigenvalue weighted by atomic mass is 10.2. The molecule has 27 heavy (non-hydrogen) atoms. The second kappa shape index (κ2) is 9.64. The first kappa shape index (κ1) is 18.8. The number of furan rings is 1. The normalized spacial score (nSPS) is 10.4. The molecule has 1 aromatic heterocycles. The number of carbonyl (C=O) groups is 2. The molecule has 0 saturated carbocycles. The van der Waals surface area contributed by atoms with E-state index in [1.54, 1.807) is 48.2 Å². The summed E-state index contributed by atoms with van der Waals surface area (Å²) in [6.45, 7) is 0. The summed E-state index contributed by atoms with van der Waals surface area (Å²) in [5.41, 5.74) is 2.50. The van der Waals surface area contributed by atoms with Crippen LogP contribution in [-0.2, 0) is 11.2 Å². The Balaban J connectivity index is 1.44. The van der Waals surface area contributed by atoms with Crippen molar-refractivity contribution in [2.45, 2.75) is 6.42 Å². The van der Waals surface area contributed by atoms with Gasteiger partial charge in [-0.15, -0.1) is 0 Å². The third-order valence-electron chi connectivity index (χ3n) is 3.76. The molecule has 0 atom stereocenters. The number of benzene rings is 2. The molecule has 0 aliphatic carbocycles. The molecule has 138 valence electrons. The van der Waals surface area contributed by atoms with E-state index in [0.717, 1.165) is 12.2 Å². The summed E-state index contributed by atoms with van der Waals surface area (Å²) in [6.07, 6.45) is 2.38. The second-order valence-electron chi connectivity index (χ2n) is 5.85. The lowest BCUT2D eigenvalue weighted by Gasteiger charge is -2.08. The summed E-state index contributed by atoms with van der Waals surface area (Å²) in [6, 6.07) is 20.5. The van der Waals surface area contributed by atoms with Crippen LogP contribution in [0.15, 0.2) is 77.4 Å². The lowest BCUT2D eigenvalue weighted by Crippen LogP contribution is -2.15. The predicted octanol–water partition coefficient (Wildman–Crippen LogP) is 4.45. The number of nitrogens with one attached hydrogen (secondary N) is 2. The van der Waals surface area contributed by atoms with Gasteiger partial charge in [0.25, 0.3) is 5.91 Å². The van der Waals surface area contributed by atoms with Crippen molar-refractivity contribution in [2.24, 2.45) is 0 Å². The van der Waals surface area contributed by atoms with Gasteiger partial charge in [0.05, 0.1) is 12.0 Å². The number of anilines is 2. The van der Waals surface area contributed by atoms with Crippen LogP contribution in [0, 0.1) is 0 Å². The maximum Gasteiger partial charge on any atom is 0.291 e. The summed E-state index contributed by atoms with van der Waals surface area (Å²) in [5, 5.41) is 5.59. The van der Waals surface area contributed by atoms with Crippen molar-refractivity contribution in [3.05, 3.63) is 84.3 Å². The maximum atomic E-state index is 12.1. The van der Waals surface area contributed by atoms with E-state index in [4.69, 9.17) is 4.42 Å². The number of rotatable bonds is 8. The fourth-order valence-corrected chi connectivity index (χ4v) is 3.25. The van der Waals surface area contributed by atoms with Crippen molar-refractivity contribution >= 4 is 35.0 Å². The van der Waals surface area contributed by atoms with Crippen LogP contribution in [0.4, 0.5) is 11.4 Å². The highest BCUT2D eigenvalue weighted by atomic mass is 32.2. The molecule has 0 saturated heterocycles. The van der Waals surface area contributed by atoms with E-state index in [1.807, 2.05) is 18.2 Å². The van der Waals surface area contributed by atoms with E-state index in [9.17, 15) is 9.59 Å². The topological polar surface area (TPSA) is 71.3 Å². The van der Waals surface area contributed by atoms with Gasteiger partial charge in [0.15, 0.2) is 5.76 Å². The Kier molecular flexibility index (Phi) is 6.71. The summed E-state index contributed by atoms with van der Waals surface area (Å²) in [5.74, 6) is 1.11. The summed E-state index contributed by atoms with van der Waals surface area (Å²) in [4.78, 5) is 24.1. The van der Waals surface area contributed by atoms with Crippen LogP contribution >= 0.6 is 11.8 Å². The molecule has 1 heterocycles. The minimum atomic E-state index is -0.333. The highest BCUT2D eigenvalue weighted by Gasteiger charge is 2.09. The Hall–Kier alpha value is -2.99. The number of carbonyl (C=O) groups excluding carboxylic acids is 2. The number of thioether (sulfide) groups is 1. The predicted molar refractivity (Wildman–Crippen MR) is 109 cm³/mol. The number of aryl methyl sites for hydroxylation is 1. The van der Waals surface area contributed by atoms with Gasteiger partial charge in [0.1, 0.15) is 0 Å². The molecule has 0 unspecified atom stereocenters. The highest BCUT2D eigenvalue weighted by molar-refractivity contribution is 7.99. The summed E-state index contributed by atoms with van der Waals surface area (Å²) in [7, 11) is 0. The Morgan fingerprint density at radius 3 is 2.41 bits per heavy atom. The van der Waals surface area contributed by atoms with Gasteiger partial charge in [-0.3, -0.25) is 9.59 Å². The Bertz CT molecular complexity index is 879. The van der Waals surface area contributed by atoms with Gasteiger partial charge in [-0.2, -0.15) is 11.8 Å². The fourth-order valence-electron chi connectivity index (χ4n) is 2.47.